The Labute approximate surface area is 174 Å². The number of carboxylic acid groups (broad SMARTS) is 1. The van der Waals surface area contributed by atoms with Crippen molar-refractivity contribution in [3.8, 4) is 5.75 Å². The van der Waals surface area contributed by atoms with Crippen LogP contribution in [0.2, 0.25) is 0 Å². The van der Waals surface area contributed by atoms with Crippen LogP contribution in [0.5, 0.6) is 5.75 Å². The molecule has 1 rings (SSSR count). The van der Waals surface area contributed by atoms with E-state index in [9.17, 15) is 14.7 Å². The van der Waals surface area contributed by atoms with Gasteiger partial charge in [0.25, 0.3) is 0 Å². The molecule has 0 bridgehead atoms. The minimum atomic E-state index is -0.963. The Morgan fingerprint density at radius 1 is 1.14 bits per heavy atom. The van der Waals surface area contributed by atoms with Crippen LogP contribution in [0, 0.1) is 5.92 Å². The number of aliphatic carboxylic acids is 1. The van der Waals surface area contributed by atoms with Crippen molar-refractivity contribution in [1.82, 2.24) is 10.2 Å². The number of nitrogens with zero attached hydrogens (tertiary/aromatic N) is 1. The average molecular weight is 409 g/mol. The van der Waals surface area contributed by atoms with E-state index in [0.29, 0.717) is 50.9 Å². The molecule has 0 aliphatic rings. The lowest BCUT2D eigenvalue weighted by molar-refractivity contribution is -0.149. The third kappa shape index (κ3) is 10.2. The van der Waals surface area contributed by atoms with E-state index in [1.807, 2.05) is 31.2 Å². The zero-order valence-electron chi connectivity index (χ0n) is 18.1. The summed E-state index contributed by atoms with van der Waals surface area (Å²) in [4.78, 5) is 25.2. The Morgan fingerprint density at radius 3 is 2.38 bits per heavy atom. The monoisotopic (exact) mass is 408 g/mol. The Morgan fingerprint density at radius 2 is 1.83 bits per heavy atom. The van der Waals surface area contributed by atoms with Gasteiger partial charge in [0.1, 0.15) is 12.4 Å². The van der Waals surface area contributed by atoms with Gasteiger partial charge in [0.2, 0.25) is 0 Å². The number of benzene rings is 1. The van der Waals surface area contributed by atoms with Gasteiger partial charge >= 0.3 is 12.0 Å². The second kappa shape index (κ2) is 13.8. The number of rotatable bonds is 14. The fourth-order valence-corrected chi connectivity index (χ4v) is 2.90. The van der Waals surface area contributed by atoms with Gasteiger partial charge in [0, 0.05) is 26.1 Å². The van der Waals surface area contributed by atoms with E-state index in [2.05, 4.69) is 19.2 Å². The summed E-state index contributed by atoms with van der Waals surface area (Å²) in [6.45, 7) is 10.6. The number of carbonyl (C=O) groups excluding carboxylic acids is 1. The SMILES string of the molecule is CCNC(=O)N(CCCC(C)C)CCOc1ccc(CC(OCC)C(=O)O)cc1. The van der Waals surface area contributed by atoms with Gasteiger partial charge < -0.3 is 24.8 Å². The smallest absolute Gasteiger partial charge is 0.333 e. The topological polar surface area (TPSA) is 88.1 Å². The molecule has 0 fully saturated rings. The third-order valence-electron chi connectivity index (χ3n) is 4.44. The number of carbonyl (C=O) groups is 2. The normalized spacial score (nSPS) is 11.9. The highest BCUT2D eigenvalue weighted by molar-refractivity contribution is 5.74. The van der Waals surface area contributed by atoms with Crippen molar-refractivity contribution in [3.63, 3.8) is 0 Å². The van der Waals surface area contributed by atoms with Gasteiger partial charge in [-0.05, 0) is 50.3 Å². The Bertz CT molecular complexity index is 604. The molecule has 1 unspecified atom stereocenters. The molecular weight excluding hydrogens is 372 g/mol. The lowest BCUT2D eigenvalue weighted by Gasteiger charge is -2.23. The van der Waals surface area contributed by atoms with E-state index >= 15 is 0 Å². The van der Waals surface area contributed by atoms with Gasteiger partial charge in [-0.25, -0.2) is 9.59 Å². The van der Waals surface area contributed by atoms with E-state index < -0.39 is 12.1 Å². The van der Waals surface area contributed by atoms with E-state index in [0.717, 1.165) is 18.4 Å². The quantitative estimate of drug-likeness (QED) is 0.491. The predicted octanol–water partition coefficient (Wildman–Crippen LogP) is 3.57. The van der Waals surface area contributed by atoms with Gasteiger partial charge in [0.15, 0.2) is 6.10 Å². The third-order valence-corrected chi connectivity index (χ3v) is 4.44. The van der Waals surface area contributed by atoms with Crippen LogP contribution in [-0.2, 0) is 16.0 Å². The number of urea groups is 1. The molecule has 7 nitrogen and oxygen atoms in total. The highest BCUT2D eigenvalue weighted by Gasteiger charge is 2.18. The molecule has 0 radical (unpaired) electrons. The van der Waals surface area contributed by atoms with E-state index in [-0.39, 0.29) is 6.03 Å². The molecule has 29 heavy (non-hydrogen) atoms. The van der Waals surface area contributed by atoms with Crippen molar-refractivity contribution >= 4 is 12.0 Å². The Hall–Kier alpha value is -2.28. The van der Waals surface area contributed by atoms with Crippen LogP contribution in [0.25, 0.3) is 0 Å². The first-order chi connectivity index (χ1) is 13.9. The van der Waals surface area contributed by atoms with Crippen LogP contribution >= 0.6 is 0 Å². The molecule has 2 N–H and O–H groups in total. The first kappa shape index (κ1) is 24.8. The minimum Gasteiger partial charge on any atom is -0.492 e. The number of hydrogen-bond acceptors (Lipinski definition) is 4. The van der Waals surface area contributed by atoms with Crippen LogP contribution in [0.1, 0.15) is 46.1 Å². The summed E-state index contributed by atoms with van der Waals surface area (Å²) in [5, 5.41) is 12.0. The highest BCUT2D eigenvalue weighted by atomic mass is 16.5. The van der Waals surface area contributed by atoms with Crippen molar-refractivity contribution in [2.45, 2.75) is 53.1 Å². The molecule has 7 heteroatoms. The van der Waals surface area contributed by atoms with Crippen molar-refractivity contribution in [2.75, 3.05) is 32.8 Å². The lowest BCUT2D eigenvalue weighted by Crippen LogP contribution is -2.42. The van der Waals surface area contributed by atoms with E-state index in [1.54, 1.807) is 11.8 Å². The molecule has 0 heterocycles. The number of hydrogen-bond donors (Lipinski definition) is 2. The summed E-state index contributed by atoms with van der Waals surface area (Å²) >= 11 is 0. The summed E-state index contributed by atoms with van der Waals surface area (Å²) in [5.41, 5.74) is 0.871. The van der Waals surface area contributed by atoms with Gasteiger partial charge in [-0.2, -0.15) is 0 Å². The summed E-state index contributed by atoms with van der Waals surface area (Å²) < 4.78 is 11.0. The molecule has 0 spiro atoms. The second-order valence-electron chi connectivity index (χ2n) is 7.34. The first-order valence-corrected chi connectivity index (χ1v) is 10.5. The van der Waals surface area contributed by atoms with E-state index in [4.69, 9.17) is 9.47 Å². The summed E-state index contributed by atoms with van der Waals surface area (Å²) in [6, 6.07) is 7.25. The maximum atomic E-state index is 12.2. The Kier molecular flexibility index (Phi) is 11.8. The Balaban J connectivity index is 2.52. The van der Waals surface area contributed by atoms with Crippen LogP contribution < -0.4 is 10.1 Å². The average Bonchev–Trinajstić information content (AvgIpc) is 2.67. The van der Waals surface area contributed by atoms with Crippen LogP contribution in [-0.4, -0.2) is 61.0 Å². The number of amides is 2. The van der Waals surface area contributed by atoms with Crippen molar-refractivity contribution < 1.29 is 24.2 Å². The highest BCUT2D eigenvalue weighted by Crippen LogP contribution is 2.15. The van der Waals surface area contributed by atoms with Gasteiger partial charge in [-0.1, -0.05) is 26.0 Å². The molecule has 1 aromatic carbocycles. The number of ether oxygens (including phenoxy) is 2. The van der Waals surface area contributed by atoms with Gasteiger partial charge in [-0.3, -0.25) is 0 Å². The molecule has 164 valence electrons. The summed E-state index contributed by atoms with van der Waals surface area (Å²) in [7, 11) is 0. The van der Waals surface area contributed by atoms with Gasteiger partial charge in [-0.15, -0.1) is 0 Å². The zero-order valence-corrected chi connectivity index (χ0v) is 18.1. The number of nitrogens with one attached hydrogen (secondary N) is 1. The molecule has 0 aromatic heterocycles. The number of carboxylic acids is 1. The molecule has 1 aromatic rings. The maximum absolute atomic E-state index is 12.2. The van der Waals surface area contributed by atoms with E-state index in [1.165, 1.54) is 0 Å². The summed E-state index contributed by atoms with van der Waals surface area (Å²) in [5.74, 6) is 0.342. The minimum absolute atomic E-state index is 0.0640. The largest absolute Gasteiger partial charge is 0.492 e. The fourth-order valence-electron chi connectivity index (χ4n) is 2.90. The summed E-state index contributed by atoms with van der Waals surface area (Å²) in [6.07, 6.45) is 1.51. The molecule has 2 amide bonds. The van der Waals surface area contributed by atoms with Crippen molar-refractivity contribution in [1.29, 1.82) is 0 Å². The first-order valence-electron chi connectivity index (χ1n) is 10.5. The zero-order chi connectivity index (χ0) is 21.6. The maximum Gasteiger partial charge on any atom is 0.333 e. The van der Waals surface area contributed by atoms with Crippen LogP contribution in [0.15, 0.2) is 24.3 Å². The molecule has 0 saturated carbocycles. The van der Waals surface area contributed by atoms with Crippen molar-refractivity contribution in [3.05, 3.63) is 29.8 Å². The molecule has 0 saturated heterocycles. The predicted molar refractivity (Wildman–Crippen MR) is 113 cm³/mol. The molecule has 0 aliphatic heterocycles. The van der Waals surface area contributed by atoms with Gasteiger partial charge in [0.05, 0.1) is 6.54 Å². The standard InChI is InChI=1S/C22H36N2O5/c1-5-23-22(27)24(13-7-8-17(3)4)14-15-29-19-11-9-18(10-12-19)16-20(21(25)26)28-6-2/h9-12,17,20H,5-8,13-16H2,1-4H3,(H,23,27)(H,25,26). The van der Waals surface area contributed by atoms with Crippen molar-refractivity contribution in [2.24, 2.45) is 5.92 Å². The fraction of sp³-hybridized carbons (Fsp3) is 0.636. The molecule has 0 aliphatic carbocycles. The molecular formula is C22H36N2O5. The lowest BCUT2D eigenvalue weighted by atomic mass is 10.1. The van der Waals surface area contributed by atoms with Crippen LogP contribution in [0.4, 0.5) is 4.79 Å². The second-order valence-corrected chi connectivity index (χ2v) is 7.34. The van der Waals surface area contributed by atoms with Crippen LogP contribution in [0.3, 0.4) is 0 Å². The molecule has 1 atom stereocenters.